The summed E-state index contributed by atoms with van der Waals surface area (Å²) in [6.07, 6.45) is 4.49. The van der Waals surface area contributed by atoms with Crippen LogP contribution in [0.2, 0.25) is 0 Å². The van der Waals surface area contributed by atoms with Crippen LogP contribution >= 0.6 is 0 Å². The first-order valence-corrected chi connectivity index (χ1v) is 10.3. The van der Waals surface area contributed by atoms with E-state index in [1.165, 1.54) is 46.0 Å². The summed E-state index contributed by atoms with van der Waals surface area (Å²) in [5.74, 6) is -0.387. The molecule has 0 spiro atoms. The van der Waals surface area contributed by atoms with Gasteiger partial charge in [-0.05, 0) is 58.9 Å². The Morgan fingerprint density at radius 3 is 2.55 bits per heavy atom. The molecule has 0 saturated carbocycles. The highest BCUT2D eigenvalue weighted by Gasteiger charge is 2.24. The van der Waals surface area contributed by atoms with Gasteiger partial charge in [-0.3, -0.25) is 4.79 Å². The minimum Gasteiger partial charge on any atom is -0.366 e. The van der Waals surface area contributed by atoms with Crippen LogP contribution in [0.1, 0.15) is 46.8 Å². The Morgan fingerprint density at radius 2 is 1.79 bits per heavy atom. The molecule has 144 valence electrons. The summed E-state index contributed by atoms with van der Waals surface area (Å²) in [7, 11) is 0. The zero-order valence-electron chi connectivity index (χ0n) is 16.6. The van der Waals surface area contributed by atoms with Crippen LogP contribution in [0.4, 0.5) is 0 Å². The van der Waals surface area contributed by atoms with Crippen LogP contribution < -0.4 is 5.73 Å². The maximum absolute atomic E-state index is 11.6. The summed E-state index contributed by atoms with van der Waals surface area (Å²) < 4.78 is 0. The summed E-state index contributed by atoms with van der Waals surface area (Å²) >= 11 is 0. The highest BCUT2D eigenvalue weighted by atomic mass is 16.1. The van der Waals surface area contributed by atoms with E-state index in [2.05, 4.69) is 54.4 Å². The summed E-state index contributed by atoms with van der Waals surface area (Å²) in [5, 5.41) is 1.25. The van der Waals surface area contributed by atoms with Crippen LogP contribution in [0.15, 0.2) is 60.7 Å². The Balaban J connectivity index is 1.52. The molecule has 3 heteroatoms. The molecular formula is C26H24N2O. The smallest absolute Gasteiger partial charge is 0.248 e. The first kappa shape index (κ1) is 17.7. The van der Waals surface area contributed by atoms with Gasteiger partial charge >= 0.3 is 0 Å². The van der Waals surface area contributed by atoms with Crippen molar-refractivity contribution >= 4 is 16.8 Å². The number of hydrogen-bond acceptors (Lipinski definition) is 1. The molecule has 3 N–H and O–H groups in total. The van der Waals surface area contributed by atoms with Crippen molar-refractivity contribution < 1.29 is 4.79 Å². The van der Waals surface area contributed by atoms with Gasteiger partial charge < -0.3 is 10.7 Å². The van der Waals surface area contributed by atoms with Gasteiger partial charge in [0.1, 0.15) is 0 Å². The topological polar surface area (TPSA) is 58.9 Å². The summed E-state index contributed by atoms with van der Waals surface area (Å²) in [5.41, 5.74) is 15.8. The number of rotatable bonds is 5. The average molecular weight is 380 g/mol. The predicted octanol–water partition coefficient (Wildman–Crippen LogP) is 5.85. The number of primary amides is 1. The van der Waals surface area contributed by atoms with Gasteiger partial charge in [0.2, 0.25) is 5.91 Å². The lowest BCUT2D eigenvalue weighted by Gasteiger charge is -2.06. The van der Waals surface area contributed by atoms with Crippen LogP contribution in [0.5, 0.6) is 0 Å². The van der Waals surface area contributed by atoms with E-state index in [1.807, 2.05) is 18.2 Å². The van der Waals surface area contributed by atoms with E-state index in [1.54, 1.807) is 0 Å². The summed E-state index contributed by atoms with van der Waals surface area (Å²) in [4.78, 5) is 15.2. The van der Waals surface area contributed by atoms with Crippen molar-refractivity contribution in [3.8, 4) is 22.4 Å². The number of H-pyrrole nitrogens is 1. The Labute approximate surface area is 170 Å². The molecular weight excluding hydrogens is 356 g/mol. The number of fused-ring (bicyclic) bond motifs is 5. The number of benzene rings is 3. The molecule has 1 amide bonds. The van der Waals surface area contributed by atoms with E-state index in [-0.39, 0.29) is 5.91 Å². The second-order valence-electron chi connectivity index (χ2n) is 7.95. The molecule has 1 heterocycles. The molecule has 0 radical (unpaired) electrons. The predicted molar refractivity (Wildman–Crippen MR) is 119 cm³/mol. The molecule has 1 aliphatic rings. The van der Waals surface area contributed by atoms with Crippen molar-refractivity contribution in [2.45, 2.75) is 32.6 Å². The van der Waals surface area contributed by atoms with E-state index >= 15 is 0 Å². The molecule has 1 aliphatic carbocycles. The number of aromatic nitrogens is 1. The Morgan fingerprint density at radius 1 is 1.00 bits per heavy atom. The Bertz CT molecular complexity index is 1230. The van der Waals surface area contributed by atoms with Crippen molar-refractivity contribution in [1.29, 1.82) is 0 Å². The molecule has 0 saturated heterocycles. The molecule has 0 aliphatic heterocycles. The van der Waals surface area contributed by atoms with Crippen molar-refractivity contribution in [2.75, 3.05) is 0 Å². The standard InChI is InChI=1S/C26H24N2O/c1-2-3-4-16-5-7-17(8-6-16)18-11-12-21-23-13-19-9-10-20(26(27)29)14-22(19)25(23)28-24(21)15-18/h5-12,14-15,28H,2-4,13H2,1H3,(H2,27,29). The lowest BCUT2D eigenvalue weighted by molar-refractivity contribution is 0.100. The van der Waals surface area contributed by atoms with Gasteiger partial charge in [-0.1, -0.05) is 55.8 Å². The normalized spacial score (nSPS) is 12.2. The molecule has 0 atom stereocenters. The molecule has 0 fully saturated rings. The summed E-state index contributed by atoms with van der Waals surface area (Å²) in [6, 6.07) is 21.3. The van der Waals surface area contributed by atoms with Gasteiger partial charge in [0, 0.05) is 28.5 Å². The lowest BCUT2D eigenvalue weighted by atomic mass is 10.00. The van der Waals surface area contributed by atoms with Crippen LogP contribution in [0.25, 0.3) is 33.3 Å². The fourth-order valence-electron chi connectivity index (χ4n) is 4.40. The second kappa shape index (κ2) is 6.93. The molecule has 1 aromatic heterocycles. The van der Waals surface area contributed by atoms with Gasteiger partial charge in [-0.2, -0.15) is 0 Å². The first-order chi connectivity index (χ1) is 14.1. The zero-order chi connectivity index (χ0) is 20.0. The molecule has 4 aromatic rings. The summed E-state index contributed by atoms with van der Waals surface area (Å²) in [6.45, 7) is 2.23. The van der Waals surface area contributed by atoms with Gasteiger partial charge in [0.25, 0.3) is 0 Å². The minimum absolute atomic E-state index is 0.387. The van der Waals surface area contributed by atoms with Gasteiger partial charge in [-0.15, -0.1) is 0 Å². The SMILES string of the molecule is CCCCc1ccc(-c2ccc3c4c([nH]c3c2)-c2cc(C(N)=O)ccc2C4)cc1. The Kier molecular flexibility index (Phi) is 4.24. The third-order valence-corrected chi connectivity index (χ3v) is 6.04. The van der Waals surface area contributed by atoms with Crippen LogP contribution in [-0.2, 0) is 12.8 Å². The van der Waals surface area contributed by atoms with Crippen molar-refractivity contribution in [2.24, 2.45) is 5.73 Å². The van der Waals surface area contributed by atoms with E-state index in [4.69, 9.17) is 5.73 Å². The first-order valence-electron chi connectivity index (χ1n) is 10.3. The maximum atomic E-state index is 11.6. The van der Waals surface area contributed by atoms with Crippen LogP contribution in [0.3, 0.4) is 0 Å². The molecule has 29 heavy (non-hydrogen) atoms. The third kappa shape index (κ3) is 3.03. The maximum Gasteiger partial charge on any atom is 0.248 e. The highest BCUT2D eigenvalue weighted by Crippen LogP contribution is 2.41. The monoisotopic (exact) mass is 380 g/mol. The number of aryl methyl sites for hydroxylation is 1. The second-order valence-corrected chi connectivity index (χ2v) is 7.95. The Hall–Kier alpha value is -3.33. The van der Waals surface area contributed by atoms with Gasteiger partial charge in [0.05, 0.1) is 5.69 Å². The van der Waals surface area contributed by atoms with Crippen LogP contribution in [-0.4, -0.2) is 10.9 Å². The van der Waals surface area contributed by atoms with E-state index in [9.17, 15) is 4.79 Å². The number of unbranched alkanes of at least 4 members (excludes halogenated alkanes) is 1. The molecule has 3 nitrogen and oxygen atoms in total. The number of amides is 1. The minimum atomic E-state index is -0.387. The third-order valence-electron chi connectivity index (χ3n) is 6.04. The fraction of sp³-hybridized carbons (Fsp3) is 0.192. The van der Waals surface area contributed by atoms with E-state index in [0.29, 0.717) is 5.56 Å². The molecule has 0 unspecified atom stereocenters. The number of carbonyl (C=O) groups excluding carboxylic acids is 1. The fourth-order valence-corrected chi connectivity index (χ4v) is 4.40. The number of nitrogens with two attached hydrogens (primary N) is 1. The number of hydrogen-bond donors (Lipinski definition) is 2. The molecule has 5 rings (SSSR count). The molecule has 3 aromatic carbocycles. The van der Waals surface area contributed by atoms with Crippen molar-refractivity contribution in [1.82, 2.24) is 4.98 Å². The quantitative estimate of drug-likeness (QED) is 0.395. The molecule has 0 bridgehead atoms. The highest BCUT2D eigenvalue weighted by molar-refractivity contribution is 5.99. The largest absolute Gasteiger partial charge is 0.366 e. The van der Waals surface area contributed by atoms with E-state index < -0.39 is 0 Å². The lowest BCUT2D eigenvalue weighted by Crippen LogP contribution is -2.10. The number of aromatic amines is 1. The van der Waals surface area contributed by atoms with Crippen molar-refractivity contribution in [3.05, 3.63) is 82.9 Å². The van der Waals surface area contributed by atoms with Crippen molar-refractivity contribution in [3.63, 3.8) is 0 Å². The average Bonchev–Trinajstić information content (AvgIpc) is 3.27. The van der Waals surface area contributed by atoms with Gasteiger partial charge in [-0.25, -0.2) is 0 Å². The number of nitrogens with one attached hydrogen (secondary N) is 1. The number of carbonyl (C=O) groups is 1. The zero-order valence-corrected chi connectivity index (χ0v) is 16.6. The van der Waals surface area contributed by atoms with E-state index in [0.717, 1.165) is 29.6 Å². The van der Waals surface area contributed by atoms with Gasteiger partial charge in [0.15, 0.2) is 0 Å². The van der Waals surface area contributed by atoms with Crippen LogP contribution in [0, 0.1) is 0 Å².